The van der Waals surface area contributed by atoms with Gasteiger partial charge in [0.05, 0.1) is 16.8 Å². The number of nitrogens with one attached hydrogen (secondary N) is 1. The number of fused-ring (bicyclic) bond motifs is 6. The standard InChI is InChI=1S/C26H27N3O3S/c1-16(30)27-19-10-17-6-7-20(13-19)29(14-17)15-22-12-18-11-21(8-9-24(18)31-22)32-26-28-23-4-2-3-5-25(23)33-26/h2-5,8-9,11-12,17,19-20H,6-7,10,13-15H2,1H3,(H,27,30)/t17?,19-,20-/m1/s1. The zero-order valence-corrected chi connectivity index (χ0v) is 19.4. The number of furan rings is 1. The van der Waals surface area contributed by atoms with Crippen molar-refractivity contribution in [2.75, 3.05) is 6.54 Å². The van der Waals surface area contributed by atoms with E-state index in [0.717, 1.165) is 58.6 Å². The van der Waals surface area contributed by atoms with Crippen molar-refractivity contribution in [2.24, 2.45) is 5.92 Å². The molecule has 4 aromatic rings. The van der Waals surface area contributed by atoms with Crippen LogP contribution in [-0.4, -0.2) is 34.4 Å². The Labute approximate surface area is 196 Å². The Hall–Kier alpha value is -2.90. The topological polar surface area (TPSA) is 67.6 Å². The third-order valence-electron chi connectivity index (χ3n) is 6.88. The third kappa shape index (κ3) is 4.35. The molecule has 33 heavy (non-hydrogen) atoms. The van der Waals surface area contributed by atoms with Crippen molar-refractivity contribution < 1.29 is 13.9 Å². The Morgan fingerprint density at radius 3 is 3.00 bits per heavy atom. The summed E-state index contributed by atoms with van der Waals surface area (Å²) in [7, 11) is 0. The lowest BCUT2D eigenvalue weighted by Gasteiger charge is -2.35. The fourth-order valence-electron chi connectivity index (χ4n) is 5.48. The lowest BCUT2D eigenvalue weighted by Crippen LogP contribution is -2.41. The van der Waals surface area contributed by atoms with E-state index in [-0.39, 0.29) is 5.91 Å². The molecular formula is C26H27N3O3S. The molecule has 2 aromatic carbocycles. The van der Waals surface area contributed by atoms with E-state index < -0.39 is 0 Å². The van der Waals surface area contributed by atoms with Gasteiger partial charge in [0.25, 0.3) is 5.19 Å². The van der Waals surface area contributed by atoms with Gasteiger partial charge in [-0.1, -0.05) is 23.5 Å². The maximum atomic E-state index is 11.6. The van der Waals surface area contributed by atoms with E-state index in [9.17, 15) is 4.79 Å². The first-order valence-corrected chi connectivity index (χ1v) is 12.5. The Kier molecular flexibility index (Phi) is 5.31. The van der Waals surface area contributed by atoms with Gasteiger partial charge in [-0.05, 0) is 68.0 Å². The molecule has 3 fully saturated rings. The quantitative estimate of drug-likeness (QED) is 0.412. The number of amides is 1. The predicted octanol–water partition coefficient (Wildman–Crippen LogP) is 5.71. The third-order valence-corrected chi connectivity index (χ3v) is 7.79. The van der Waals surface area contributed by atoms with Crippen molar-refractivity contribution in [1.29, 1.82) is 0 Å². The molecule has 170 valence electrons. The molecule has 7 rings (SSSR count). The monoisotopic (exact) mass is 461 g/mol. The summed E-state index contributed by atoms with van der Waals surface area (Å²) >= 11 is 1.55. The lowest BCUT2D eigenvalue weighted by molar-refractivity contribution is -0.119. The highest BCUT2D eigenvalue weighted by atomic mass is 32.1. The molecule has 7 heteroatoms. The molecule has 1 unspecified atom stereocenters. The summed E-state index contributed by atoms with van der Waals surface area (Å²) in [6.45, 7) is 3.49. The highest BCUT2D eigenvalue weighted by Gasteiger charge is 2.36. The van der Waals surface area contributed by atoms with Crippen LogP contribution in [0, 0.1) is 5.92 Å². The number of thiazole rings is 1. The van der Waals surface area contributed by atoms with Crippen molar-refractivity contribution in [3.8, 4) is 10.9 Å². The molecule has 0 spiro atoms. The summed E-state index contributed by atoms with van der Waals surface area (Å²) in [5.41, 5.74) is 1.83. The van der Waals surface area contributed by atoms with Crippen molar-refractivity contribution in [1.82, 2.24) is 15.2 Å². The van der Waals surface area contributed by atoms with Crippen LogP contribution in [0.4, 0.5) is 0 Å². The van der Waals surface area contributed by atoms with Crippen LogP contribution in [0.5, 0.6) is 10.9 Å². The average molecular weight is 462 g/mol. The van der Waals surface area contributed by atoms with Crippen LogP contribution in [0.3, 0.4) is 0 Å². The summed E-state index contributed by atoms with van der Waals surface area (Å²) in [4.78, 5) is 18.7. The van der Waals surface area contributed by atoms with Crippen LogP contribution in [0.2, 0.25) is 0 Å². The molecule has 2 aromatic heterocycles. The molecular weight excluding hydrogens is 434 g/mol. The van der Waals surface area contributed by atoms with Crippen LogP contribution in [0.15, 0.2) is 52.9 Å². The molecule has 2 saturated heterocycles. The molecule has 1 aliphatic carbocycles. The number of hydrogen-bond donors (Lipinski definition) is 1. The molecule has 2 bridgehead atoms. The fourth-order valence-corrected chi connectivity index (χ4v) is 6.32. The van der Waals surface area contributed by atoms with Crippen molar-refractivity contribution in [3.05, 3.63) is 54.3 Å². The van der Waals surface area contributed by atoms with E-state index >= 15 is 0 Å². The Morgan fingerprint density at radius 2 is 2.12 bits per heavy atom. The fraction of sp³-hybridized carbons (Fsp3) is 0.385. The van der Waals surface area contributed by atoms with E-state index in [1.807, 2.05) is 36.4 Å². The second-order valence-electron chi connectivity index (χ2n) is 9.36. The number of para-hydroxylation sites is 1. The number of hydrogen-bond acceptors (Lipinski definition) is 6. The van der Waals surface area contributed by atoms with Crippen LogP contribution < -0.4 is 10.1 Å². The zero-order valence-electron chi connectivity index (χ0n) is 18.6. The van der Waals surface area contributed by atoms with E-state index in [1.54, 1.807) is 18.3 Å². The number of piperidine rings is 1. The first-order valence-electron chi connectivity index (χ1n) is 11.7. The van der Waals surface area contributed by atoms with Gasteiger partial charge in [-0.15, -0.1) is 0 Å². The Bertz CT molecular complexity index is 1280. The van der Waals surface area contributed by atoms with Crippen molar-refractivity contribution in [3.63, 3.8) is 0 Å². The van der Waals surface area contributed by atoms with E-state index in [1.165, 1.54) is 12.8 Å². The number of nitrogens with zero attached hydrogens (tertiary/aromatic N) is 2. The van der Waals surface area contributed by atoms with Gasteiger partial charge in [0, 0.05) is 30.9 Å². The van der Waals surface area contributed by atoms with Gasteiger partial charge in [-0.25, -0.2) is 4.98 Å². The lowest BCUT2D eigenvalue weighted by atomic mass is 9.94. The van der Waals surface area contributed by atoms with Gasteiger partial charge >= 0.3 is 0 Å². The van der Waals surface area contributed by atoms with Crippen LogP contribution >= 0.6 is 11.3 Å². The average Bonchev–Trinajstić information content (AvgIpc) is 3.27. The molecule has 0 radical (unpaired) electrons. The van der Waals surface area contributed by atoms with Gasteiger partial charge in [-0.3, -0.25) is 9.69 Å². The molecule has 6 nitrogen and oxygen atoms in total. The van der Waals surface area contributed by atoms with Gasteiger partial charge in [0.15, 0.2) is 0 Å². The number of rotatable bonds is 5. The summed E-state index contributed by atoms with van der Waals surface area (Å²) in [5, 5.41) is 4.84. The molecule has 1 amide bonds. The molecule has 2 aliphatic heterocycles. The summed E-state index contributed by atoms with van der Waals surface area (Å²) in [5.74, 6) is 2.46. The molecule has 1 saturated carbocycles. The zero-order chi connectivity index (χ0) is 22.4. The summed E-state index contributed by atoms with van der Waals surface area (Å²) < 4.78 is 13.4. The SMILES string of the molecule is CC(=O)N[C@@H]1CC2CC[C@H](C1)N(Cc1cc3cc(Oc4nc5ccccc5s4)ccc3o1)C2. The van der Waals surface area contributed by atoms with Crippen LogP contribution in [0.1, 0.15) is 38.4 Å². The smallest absolute Gasteiger partial charge is 0.279 e. The second-order valence-corrected chi connectivity index (χ2v) is 10.4. The van der Waals surface area contributed by atoms with Gasteiger partial charge in [0.1, 0.15) is 17.1 Å². The molecule has 3 atom stereocenters. The molecule has 4 heterocycles. The highest BCUT2D eigenvalue weighted by molar-refractivity contribution is 7.20. The molecule has 3 aliphatic rings. The molecule has 1 N–H and O–H groups in total. The Morgan fingerprint density at radius 1 is 1.21 bits per heavy atom. The van der Waals surface area contributed by atoms with Gasteiger partial charge in [-0.2, -0.15) is 0 Å². The minimum atomic E-state index is 0.0778. The Balaban J connectivity index is 1.18. The highest BCUT2D eigenvalue weighted by Crippen LogP contribution is 2.36. The van der Waals surface area contributed by atoms with E-state index in [0.29, 0.717) is 23.2 Å². The van der Waals surface area contributed by atoms with Crippen molar-refractivity contribution >= 4 is 38.4 Å². The first kappa shape index (κ1) is 20.7. The number of benzene rings is 2. The minimum absolute atomic E-state index is 0.0778. The number of carbonyl (C=O) groups is 1. The normalized spacial score (nSPS) is 23.1. The van der Waals surface area contributed by atoms with Gasteiger partial charge < -0.3 is 14.5 Å². The van der Waals surface area contributed by atoms with E-state index in [4.69, 9.17) is 9.15 Å². The number of aromatic nitrogens is 1. The number of carbonyl (C=O) groups excluding carboxylic acids is 1. The van der Waals surface area contributed by atoms with Crippen LogP contribution in [-0.2, 0) is 11.3 Å². The predicted molar refractivity (Wildman–Crippen MR) is 130 cm³/mol. The first-order chi connectivity index (χ1) is 16.1. The van der Waals surface area contributed by atoms with Crippen LogP contribution in [0.25, 0.3) is 21.2 Å². The number of ether oxygens (including phenoxy) is 1. The largest absolute Gasteiger partial charge is 0.460 e. The minimum Gasteiger partial charge on any atom is -0.460 e. The summed E-state index contributed by atoms with van der Waals surface area (Å²) in [6.07, 6.45) is 4.56. The second kappa shape index (κ2) is 8.47. The maximum Gasteiger partial charge on any atom is 0.279 e. The van der Waals surface area contributed by atoms with Crippen molar-refractivity contribution in [2.45, 2.75) is 51.2 Å². The van der Waals surface area contributed by atoms with Gasteiger partial charge in [0.2, 0.25) is 5.91 Å². The summed E-state index contributed by atoms with van der Waals surface area (Å²) in [6, 6.07) is 16.9. The van der Waals surface area contributed by atoms with E-state index in [2.05, 4.69) is 27.3 Å². The maximum absolute atomic E-state index is 11.6.